The van der Waals surface area contributed by atoms with Crippen LogP contribution in [0.1, 0.15) is 23.3 Å². The molecule has 2 N–H and O–H groups in total. The molecule has 1 amide bonds. The van der Waals surface area contributed by atoms with Crippen LogP contribution in [0.15, 0.2) is 52.3 Å². The lowest BCUT2D eigenvalue weighted by molar-refractivity contribution is 0.0945. The first-order chi connectivity index (χ1) is 13.6. The van der Waals surface area contributed by atoms with E-state index >= 15 is 0 Å². The average molecular weight is 434 g/mol. The summed E-state index contributed by atoms with van der Waals surface area (Å²) >= 11 is 13.9. The van der Waals surface area contributed by atoms with Gasteiger partial charge in [0.2, 0.25) is 0 Å². The Labute approximate surface area is 178 Å². The summed E-state index contributed by atoms with van der Waals surface area (Å²) in [6.45, 7) is 3.81. The SMILES string of the molecule is O=C(NCCN1CCCC1)c1cc2c(Sc3ccc(Cl)cc3)cc(Cl)cc2[nH]1. The zero-order valence-corrected chi connectivity index (χ0v) is 17.6. The van der Waals surface area contributed by atoms with Gasteiger partial charge in [0.15, 0.2) is 0 Å². The van der Waals surface area contributed by atoms with Crippen LogP contribution in [0.4, 0.5) is 0 Å². The van der Waals surface area contributed by atoms with Crippen LogP contribution in [-0.4, -0.2) is 42.0 Å². The van der Waals surface area contributed by atoms with Crippen LogP contribution in [0.5, 0.6) is 0 Å². The summed E-state index contributed by atoms with van der Waals surface area (Å²) in [6, 6.07) is 13.3. The van der Waals surface area contributed by atoms with Crippen molar-refractivity contribution in [2.24, 2.45) is 0 Å². The summed E-state index contributed by atoms with van der Waals surface area (Å²) in [5.74, 6) is -0.0889. The molecule has 0 aliphatic carbocycles. The Balaban J connectivity index is 1.50. The van der Waals surface area contributed by atoms with E-state index < -0.39 is 0 Å². The number of fused-ring (bicyclic) bond motifs is 1. The van der Waals surface area contributed by atoms with Gasteiger partial charge < -0.3 is 15.2 Å². The van der Waals surface area contributed by atoms with Crippen LogP contribution in [0.25, 0.3) is 10.9 Å². The van der Waals surface area contributed by atoms with Crippen molar-refractivity contribution in [3.05, 3.63) is 58.2 Å². The first-order valence-electron chi connectivity index (χ1n) is 9.35. The lowest BCUT2D eigenvalue weighted by Gasteiger charge is -2.14. The number of aromatic amines is 1. The molecule has 4 nitrogen and oxygen atoms in total. The molecule has 1 aromatic heterocycles. The summed E-state index contributed by atoms with van der Waals surface area (Å²) in [6.07, 6.45) is 2.51. The Morgan fingerprint density at radius 1 is 1.07 bits per heavy atom. The van der Waals surface area contributed by atoms with E-state index in [0.29, 0.717) is 22.3 Å². The minimum Gasteiger partial charge on any atom is -0.350 e. The number of carbonyl (C=O) groups excluding carboxylic acids is 1. The van der Waals surface area contributed by atoms with E-state index in [0.717, 1.165) is 40.3 Å². The van der Waals surface area contributed by atoms with Crippen molar-refractivity contribution in [3.8, 4) is 0 Å². The van der Waals surface area contributed by atoms with Gasteiger partial charge in [0.25, 0.3) is 5.91 Å². The Morgan fingerprint density at radius 2 is 1.82 bits per heavy atom. The van der Waals surface area contributed by atoms with Crippen molar-refractivity contribution in [1.82, 2.24) is 15.2 Å². The van der Waals surface area contributed by atoms with Crippen molar-refractivity contribution in [1.29, 1.82) is 0 Å². The molecular formula is C21H21Cl2N3OS. The van der Waals surface area contributed by atoms with Crippen molar-refractivity contribution >= 4 is 51.8 Å². The molecule has 2 aromatic carbocycles. The van der Waals surface area contributed by atoms with Crippen LogP contribution >= 0.6 is 35.0 Å². The Bertz CT molecular complexity index is 981. The highest BCUT2D eigenvalue weighted by molar-refractivity contribution is 7.99. The molecule has 146 valence electrons. The lowest BCUT2D eigenvalue weighted by atomic mass is 10.2. The van der Waals surface area contributed by atoms with Gasteiger partial charge >= 0.3 is 0 Å². The minimum absolute atomic E-state index is 0.0889. The van der Waals surface area contributed by atoms with E-state index in [2.05, 4.69) is 15.2 Å². The first kappa shape index (κ1) is 19.6. The zero-order chi connectivity index (χ0) is 19.5. The molecular weight excluding hydrogens is 413 g/mol. The van der Waals surface area contributed by atoms with E-state index in [-0.39, 0.29) is 5.91 Å². The maximum Gasteiger partial charge on any atom is 0.267 e. The molecule has 1 fully saturated rings. The molecule has 0 atom stereocenters. The second kappa shape index (κ2) is 8.78. The van der Waals surface area contributed by atoms with E-state index in [1.165, 1.54) is 12.8 Å². The fourth-order valence-corrected chi connectivity index (χ4v) is 4.84. The second-order valence-corrected chi connectivity index (χ2v) is 8.90. The van der Waals surface area contributed by atoms with Crippen molar-refractivity contribution < 1.29 is 4.79 Å². The summed E-state index contributed by atoms with van der Waals surface area (Å²) in [4.78, 5) is 20.2. The lowest BCUT2D eigenvalue weighted by Crippen LogP contribution is -2.33. The molecule has 1 aliphatic rings. The summed E-state index contributed by atoms with van der Waals surface area (Å²) in [5, 5.41) is 5.33. The monoisotopic (exact) mass is 433 g/mol. The van der Waals surface area contributed by atoms with Crippen molar-refractivity contribution in [3.63, 3.8) is 0 Å². The van der Waals surface area contributed by atoms with Gasteiger partial charge in [-0.1, -0.05) is 35.0 Å². The van der Waals surface area contributed by atoms with Crippen molar-refractivity contribution in [2.75, 3.05) is 26.2 Å². The Hall–Kier alpha value is -1.66. The van der Waals surface area contributed by atoms with Gasteiger partial charge in [0.1, 0.15) is 5.69 Å². The molecule has 3 aromatic rings. The third-order valence-electron chi connectivity index (χ3n) is 4.86. The van der Waals surface area contributed by atoms with Gasteiger partial charge in [-0.2, -0.15) is 0 Å². The predicted octanol–water partition coefficient (Wildman–Crippen LogP) is 5.45. The highest BCUT2D eigenvalue weighted by atomic mass is 35.5. The van der Waals surface area contributed by atoms with E-state index in [9.17, 15) is 4.79 Å². The van der Waals surface area contributed by atoms with Crippen LogP contribution in [0, 0.1) is 0 Å². The van der Waals surface area contributed by atoms with Gasteiger partial charge in [0, 0.05) is 43.8 Å². The van der Waals surface area contributed by atoms with Crippen LogP contribution in [0.2, 0.25) is 10.0 Å². The first-order valence-corrected chi connectivity index (χ1v) is 10.9. The van der Waals surface area contributed by atoms with Crippen LogP contribution < -0.4 is 5.32 Å². The normalized spacial score (nSPS) is 14.6. The molecule has 1 aliphatic heterocycles. The standard InChI is InChI=1S/C21H21Cl2N3OS/c22-14-3-5-16(6-4-14)28-20-12-15(23)11-18-17(20)13-19(25-18)21(27)24-7-10-26-8-1-2-9-26/h3-6,11-13,25H,1-2,7-10H2,(H,24,27). The Morgan fingerprint density at radius 3 is 2.57 bits per heavy atom. The number of aromatic nitrogens is 1. The molecule has 4 rings (SSSR count). The molecule has 0 saturated carbocycles. The third kappa shape index (κ3) is 4.66. The van der Waals surface area contributed by atoms with Gasteiger partial charge in [-0.25, -0.2) is 0 Å². The number of H-pyrrole nitrogens is 1. The van der Waals surface area contributed by atoms with Gasteiger partial charge in [-0.3, -0.25) is 4.79 Å². The highest BCUT2D eigenvalue weighted by Crippen LogP contribution is 2.36. The number of benzene rings is 2. The fourth-order valence-electron chi connectivity index (χ4n) is 3.44. The number of hydrogen-bond acceptors (Lipinski definition) is 3. The fraction of sp³-hybridized carbons (Fsp3) is 0.286. The Kier molecular flexibility index (Phi) is 6.16. The average Bonchev–Trinajstić information content (AvgIpc) is 3.33. The number of amides is 1. The van der Waals surface area contributed by atoms with E-state index in [1.54, 1.807) is 11.8 Å². The summed E-state index contributed by atoms with van der Waals surface area (Å²) < 4.78 is 0. The molecule has 1 saturated heterocycles. The topological polar surface area (TPSA) is 48.1 Å². The largest absolute Gasteiger partial charge is 0.350 e. The number of nitrogens with one attached hydrogen (secondary N) is 2. The maximum absolute atomic E-state index is 12.6. The predicted molar refractivity (Wildman–Crippen MR) is 117 cm³/mol. The maximum atomic E-state index is 12.6. The van der Waals surface area contributed by atoms with Gasteiger partial charge in [-0.15, -0.1) is 0 Å². The molecule has 0 spiro atoms. The van der Waals surface area contributed by atoms with E-state index in [1.807, 2.05) is 42.5 Å². The summed E-state index contributed by atoms with van der Waals surface area (Å²) in [5.41, 5.74) is 1.41. The number of nitrogens with zero attached hydrogens (tertiary/aromatic N) is 1. The van der Waals surface area contributed by atoms with Crippen LogP contribution in [-0.2, 0) is 0 Å². The van der Waals surface area contributed by atoms with Crippen molar-refractivity contribution in [2.45, 2.75) is 22.6 Å². The summed E-state index contributed by atoms with van der Waals surface area (Å²) in [7, 11) is 0. The molecule has 0 unspecified atom stereocenters. The molecule has 2 heterocycles. The molecule has 28 heavy (non-hydrogen) atoms. The zero-order valence-electron chi connectivity index (χ0n) is 15.3. The minimum atomic E-state index is -0.0889. The molecule has 7 heteroatoms. The van der Waals surface area contributed by atoms with E-state index in [4.69, 9.17) is 23.2 Å². The van der Waals surface area contributed by atoms with Gasteiger partial charge in [-0.05, 0) is 68.4 Å². The second-order valence-electron chi connectivity index (χ2n) is 6.91. The number of halogens is 2. The number of rotatable bonds is 6. The highest BCUT2D eigenvalue weighted by Gasteiger charge is 2.15. The molecule has 0 bridgehead atoms. The number of hydrogen-bond donors (Lipinski definition) is 2. The molecule has 0 radical (unpaired) electrons. The quantitative estimate of drug-likeness (QED) is 0.542. The smallest absolute Gasteiger partial charge is 0.267 e. The third-order valence-corrected chi connectivity index (χ3v) is 6.40. The van der Waals surface area contributed by atoms with Gasteiger partial charge in [0.05, 0.1) is 0 Å². The van der Waals surface area contributed by atoms with Crippen LogP contribution in [0.3, 0.4) is 0 Å². The number of carbonyl (C=O) groups is 1. The number of likely N-dealkylation sites (tertiary alicyclic amines) is 1.